The average molecular weight is 259 g/mol. The number of halogens is 3. The van der Waals surface area contributed by atoms with Gasteiger partial charge in [0.15, 0.2) is 11.6 Å². The van der Waals surface area contributed by atoms with E-state index in [-0.39, 0.29) is 6.61 Å². The molecule has 1 aromatic carbocycles. The van der Waals surface area contributed by atoms with E-state index in [1.54, 1.807) is 0 Å². The molecule has 2 aromatic rings. The van der Waals surface area contributed by atoms with Crippen molar-refractivity contribution in [3.8, 4) is 11.4 Å². The van der Waals surface area contributed by atoms with E-state index in [0.717, 1.165) is 12.1 Å². The maximum absolute atomic E-state index is 13.2. The molecule has 0 bridgehead atoms. The first-order valence-electron chi connectivity index (χ1n) is 4.87. The summed E-state index contributed by atoms with van der Waals surface area (Å²) < 4.78 is 42.5. The number of benzene rings is 1. The maximum atomic E-state index is 13.2. The third-order valence-electron chi connectivity index (χ3n) is 2.10. The Kier molecular flexibility index (Phi) is 3.47. The lowest BCUT2D eigenvalue weighted by molar-refractivity contribution is -0.0521. The number of hydrogen-bond donors (Lipinski definition) is 1. The molecule has 0 aliphatic heterocycles. The smallest absolute Gasteiger partial charge is 0.387 e. The van der Waals surface area contributed by atoms with Crippen molar-refractivity contribution in [2.24, 2.45) is 0 Å². The molecule has 0 radical (unpaired) electrons. The first-order valence-corrected chi connectivity index (χ1v) is 4.87. The second kappa shape index (κ2) is 5.05. The molecule has 0 spiro atoms. The lowest BCUT2D eigenvalue weighted by atomic mass is 10.3. The normalized spacial score (nSPS) is 10.9. The molecule has 0 saturated carbocycles. The van der Waals surface area contributed by atoms with E-state index in [1.807, 2.05) is 0 Å². The molecule has 0 aliphatic carbocycles. The monoisotopic (exact) mass is 259 g/mol. The van der Waals surface area contributed by atoms with Crippen molar-refractivity contribution in [1.29, 1.82) is 0 Å². The summed E-state index contributed by atoms with van der Waals surface area (Å²) in [4.78, 5) is 0. The minimum absolute atomic E-state index is 0.291. The Labute approximate surface area is 99.4 Å². The zero-order chi connectivity index (χ0) is 13.1. The summed E-state index contributed by atoms with van der Waals surface area (Å²) in [6.07, 6.45) is 1.39. The van der Waals surface area contributed by atoms with Gasteiger partial charge in [0.05, 0.1) is 18.5 Å². The molecule has 18 heavy (non-hydrogen) atoms. The van der Waals surface area contributed by atoms with E-state index < -0.39 is 18.2 Å². The van der Waals surface area contributed by atoms with Gasteiger partial charge in [0, 0.05) is 6.07 Å². The van der Waals surface area contributed by atoms with E-state index in [0.29, 0.717) is 11.4 Å². The van der Waals surface area contributed by atoms with Gasteiger partial charge in [-0.15, -0.1) is 5.10 Å². The van der Waals surface area contributed by atoms with Crippen LogP contribution < -0.4 is 4.74 Å². The van der Waals surface area contributed by atoms with Crippen LogP contribution in [0.3, 0.4) is 0 Å². The van der Waals surface area contributed by atoms with Crippen molar-refractivity contribution in [2.45, 2.75) is 13.2 Å². The highest BCUT2D eigenvalue weighted by molar-refractivity contribution is 5.39. The van der Waals surface area contributed by atoms with Crippen LogP contribution in [0, 0.1) is 5.82 Å². The molecular weight excluding hydrogens is 251 g/mol. The van der Waals surface area contributed by atoms with Crippen LogP contribution in [0.25, 0.3) is 5.69 Å². The highest BCUT2D eigenvalue weighted by Gasteiger charge is 2.12. The standard InChI is InChI=1S/C10H8F3N3O2/c11-8-2-1-7(3-9(8)18-10(12)13)16-4-6(5-17)14-15-16/h1-4,10,17H,5H2. The Bertz CT molecular complexity index is 545. The highest BCUT2D eigenvalue weighted by Crippen LogP contribution is 2.22. The van der Waals surface area contributed by atoms with Crippen molar-refractivity contribution in [2.75, 3.05) is 0 Å². The summed E-state index contributed by atoms with van der Waals surface area (Å²) in [6, 6.07) is 3.37. The van der Waals surface area contributed by atoms with Crippen molar-refractivity contribution >= 4 is 0 Å². The van der Waals surface area contributed by atoms with E-state index >= 15 is 0 Å². The predicted octanol–water partition coefficient (Wildman–Crippen LogP) is 1.50. The van der Waals surface area contributed by atoms with Crippen molar-refractivity contribution < 1.29 is 23.0 Å². The summed E-state index contributed by atoms with van der Waals surface area (Å²) in [5.41, 5.74) is 0.593. The zero-order valence-corrected chi connectivity index (χ0v) is 8.92. The maximum Gasteiger partial charge on any atom is 0.387 e. The second-order valence-corrected chi connectivity index (χ2v) is 3.31. The van der Waals surface area contributed by atoms with Crippen molar-refractivity contribution in [1.82, 2.24) is 15.0 Å². The van der Waals surface area contributed by atoms with E-state index in [2.05, 4.69) is 15.0 Å². The van der Waals surface area contributed by atoms with Gasteiger partial charge < -0.3 is 9.84 Å². The molecule has 1 aromatic heterocycles. The molecule has 0 amide bonds. The van der Waals surface area contributed by atoms with Crippen LogP contribution in [0.5, 0.6) is 5.75 Å². The van der Waals surface area contributed by atoms with Crippen molar-refractivity contribution in [3.63, 3.8) is 0 Å². The van der Waals surface area contributed by atoms with Crippen LogP contribution in [0.1, 0.15) is 5.69 Å². The van der Waals surface area contributed by atoms with Gasteiger partial charge in [-0.25, -0.2) is 9.07 Å². The van der Waals surface area contributed by atoms with Gasteiger partial charge >= 0.3 is 6.61 Å². The predicted molar refractivity (Wildman–Crippen MR) is 53.9 cm³/mol. The van der Waals surface area contributed by atoms with Crippen LogP contribution in [-0.4, -0.2) is 26.7 Å². The van der Waals surface area contributed by atoms with Gasteiger partial charge in [-0.1, -0.05) is 5.21 Å². The summed E-state index contributed by atoms with van der Waals surface area (Å²) in [7, 11) is 0. The number of aliphatic hydroxyl groups is 1. The molecule has 96 valence electrons. The minimum Gasteiger partial charge on any atom is -0.432 e. The number of nitrogens with zero attached hydrogens (tertiary/aromatic N) is 3. The highest BCUT2D eigenvalue weighted by atomic mass is 19.3. The van der Waals surface area contributed by atoms with Gasteiger partial charge in [0.25, 0.3) is 0 Å². The largest absolute Gasteiger partial charge is 0.432 e. The SMILES string of the molecule is OCc1cn(-c2ccc(F)c(OC(F)F)c2)nn1. The third-order valence-corrected chi connectivity index (χ3v) is 2.10. The first-order chi connectivity index (χ1) is 8.60. The fourth-order valence-electron chi connectivity index (χ4n) is 1.32. The topological polar surface area (TPSA) is 60.2 Å². The first kappa shape index (κ1) is 12.4. The molecule has 0 unspecified atom stereocenters. The fraction of sp³-hybridized carbons (Fsp3) is 0.200. The van der Waals surface area contributed by atoms with E-state index in [1.165, 1.54) is 16.9 Å². The molecule has 1 N–H and O–H groups in total. The Hall–Kier alpha value is -2.09. The lowest BCUT2D eigenvalue weighted by Crippen LogP contribution is -2.05. The number of ether oxygens (including phenoxy) is 1. The van der Waals surface area contributed by atoms with Crippen LogP contribution in [-0.2, 0) is 6.61 Å². The van der Waals surface area contributed by atoms with Crippen LogP contribution >= 0.6 is 0 Å². The zero-order valence-electron chi connectivity index (χ0n) is 8.92. The Balaban J connectivity index is 2.33. The molecule has 2 rings (SSSR count). The van der Waals surface area contributed by atoms with Gasteiger partial charge in [-0.05, 0) is 12.1 Å². The molecule has 0 saturated heterocycles. The van der Waals surface area contributed by atoms with Crippen LogP contribution in [0.4, 0.5) is 13.2 Å². The minimum atomic E-state index is -3.11. The molecule has 5 nitrogen and oxygen atoms in total. The number of aliphatic hydroxyl groups excluding tert-OH is 1. The Morgan fingerprint density at radius 3 is 2.78 bits per heavy atom. The second-order valence-electron chi connectivity index (χ2n) is 3.31. The Morgan fingerprint density at radius 2 is 2.17 bits per heavy atom. The number of alkyl halides is 2. The van der Waals surface area contributed by atoms with Gasteiger partial charge in [-0.2, -0.15) is 8.78 Å². The van der Waals surface area contributed by atoms with Gasteiger partial charge in [-0.3, -0.25) is 0 Å². The summed E-state index contributed by atoms with van der Waals surface area (Å²) in [5.74, 6) is -1.48. The third kappa shape index (κ3) is 2.59. The van der Waals surface area contributed by atoms with Crippen LogP contribution in [0.15, 0.2) is 24.4 Å². The summed E-state index contributed by atoms with van der Waals surface area (Å²) >= 11 is 0. The summed E-state index contributed by atoms with van der Waals surface area (Å²) in [5, 5.41) is 16.1. The Morgan fingerprint density at radius 1 is 1.39 bits per heavy atom. The average Bonchev–Trinajstić information content (AvgIpc) is 2.80. The number of aromatic nitrogens is 3. The molecule has 0 atom stereocenters. The fourth-order valence-corrected chi connectivity index (χ4v) is 1.32. The van der Waals surface area contributed by atoms with E-state index in [4.69, 9.17) is 5.11 Å². The molecule has 8 heteroatoms. The molecule has 0 fully saturated rings. The van der Waals surface area contributed by atoms with Gasteiger partial charge in [0.1, 0.15) is 5.69 Å². The summed E-state index contributed by atoms with van der Waals surface area (Å²) in [6.45, 7) is -3.42. The molecule has 0 aliphatic rings. The van der Waals surface area contributed by atoms with Gasteiger partial charge in [0.2, 0.25) is 0 Å². The van der Waals surface area contributed by atoms with Crippen molar-refractivity contribution in [3.05, 3.63) is 35.9 Å². The molecular formula is C10H8F3N3O2. The van der Waals surface area contributed by atoms with E-state index in [9.17, 15) is 13.2 Å². The number of rotatable bonds is 4. The molecule has 1 heterocycles. The number of hydrogen-bond acceptors (Lipinski definition) is 4. The lowest BCUT2D eigenvalue weighted by Gasteiger charge is -2.07. The van der Waals surface area contributed by atoms with Crippen LogP contribution in [0.2, 0.25) is 0 Å². The quantitative estimate of drug-likeness (QED) is 0.903.